The number of benzene rings is 3. The van der Waals surface area contributed by atoms with Gasteiger partial charge in [0.25, 0.3) is 5.91 Å². The molecule has 1 N–H and O–H groups in total. The van der Waals surface area contributed by atoms with Crippen LogP contribution >= 0.6 is 0 Å². The van der Waals surface area contributed by atoms with Gasteiger partial charge in [0.1, 0.15) is 5.54 Å². The third kappa shape index (κ3) is 3.55. The zero-order valence-electron chi connectivity index (χ0n) is 15.9. The average molecular weight is 366 g/mol. The van der Waals surface area contributed by atoms with Crippen molar-refractivity contribution < 1.29 is 4.79 Å². The van der Waals surface area contributed by atoms with Crippen LogP contribution < -0.4 is 5.43 Å². The van der Waals surface area contributed by atoms with Crippen molar-refractivity contribution in [2.75, 3.05) is 6.54 Å². The van der Waals surface area contributed by atoms with Crippen molar-refractivity contribution in [1.82, 2.24) is 10.4 Å². The fraction of sp³-hybridized carbons (Fsp3) is 0.160. The zero-order valence-corrected chi connectivity index (χ0v) is 15.9. The van der Waals surface area contributed by atoms with E-state index in [4.69, 9.17) is 0 Å². The third-order valence-corrected chi connectivity index (χ3v) is 5.18. The Kier molecular flexibility index (Phi) is 4.97. The van der Waals surface area contributed by atoms with E-state index >= 15 is 0 Å². The van der Waals surface area contributed by atoms with Crippen molar-refractivity contribution in [3.63, 3.8) is 0 Å². The third-order valence-electron chi connectivity index (χ3n) is 5.18. The van der Waals surface area contributed by atoms with Gasteiger partial charge in [-0.25, -0.2) is 0 Å². The lowest BCUT2D eigenvalue weighted by atomic mass is 9.83. The molecule has 0 radical (unpaired) electrons. The minimum Gasteiger partial charge on any atom is -0.283 e. The highest BCUT2D eigenvalue weighted by Gasteiger charge is 2.38. The van der Waals surface area contributed by atoms with Gasteiger partial charge in [-0.15, -0.1) is 0 Å². The van der Waals surface area contributed by atoms with Gasteiger partial charge in [-0.2, -0.15) is 5.01 Å². The van der Waals surface area contributed by atoms with E-state index in [1.165, 1.54) is 5.56 Å². The van der Waals surface area contributed by atoms with Gasteiger partial charge >= 0.3 is 0 Å². The summed E-state index contributed by atoms with van der Waals surface area (Å²) in [5.41, 5.74) is 6.49. The predicted molar refractivity (Wildman–Crippen MR) is 111 cm³/mol. The Hall–Kier alpha value is -3.35. The Morgan fingerprint density at radius 3 is 2.32 bits per heavy atom. The molecule has 0 saturated carbocycles. The maximum atomic E-state index is 12.8. The number of fused-ring (bicyclic) bond motifs is 1. The molecule has 1 aliphatic heterocycles. The summed E-state index contributed by atoms with van der Waals surface area (Å²) < 4.78 is 0. The quantitative estimate of drug-likeness (QED) is 0.691. The summed E-state index contributed by atoms with van der Waals surface area (Å²) in [6.45, 7) is 2.78. The van der Waals surface area contributed by atoms with Gasteiger partial charge in [-0.05, 0) is 48.7 Å². The monoisotopic (exact) mass is 366 g/mol. The van der Waals surface area contributed by atoms with E-state index in [0.29, 0.717) is 12.1 Å². The molecule has 3 aromatic carbocycles. The topological polar surface area (TPSA) is 32.3 Å². The Labute approximate surface area is 166 Å². The summed E-state index contributed by atoms with van der Waals surface area (Å²) in [6, 6.07) is 27.6. The lowest BCUT2D eigenvalue weighted by Gasteiger charge is -2.42. The first-order valence-corrected chi connectivity index (χ1v) is 9.47. The molecule has 0 fully saturated rings. The fourth-order valence-corrected chi connectivity index (χ4v) is 3.61. The first kappa shape index (κ1) is 18.0. The molecule has 138 valence electrons. The van der Waals surface area contributed by atoms with Crippen LogP contribution in [0.3, 0.4) is 0 Å². The summed E-state index contributed by atoms with van der Waals surface area (Å²) in [5.74, 6) is 6.62. The number of amides is 1. The molecule has 1 amide bonds. The summed E-state index contributed by atoms with van der Waals surface area (Å²) in [4.78, 5) is 12.8. The highest BCUT2D eigenvalue weighted by atomic mass is 16.2. The maximum absolute atomic E-state index is 12.8. The van der Waals surface area contributed by atoms with Crippen LogP contribution in [0.25, 0.3) is 0 Å². The number of hydrogen-bond acceptors (Lipinski definition) is 2. The van der Waals surface area contributed by atoms with Gasteiger partial charge in [-0.3, -0.25) is 10.2 Å². The molecular weight excluding hydrogens is 344 g/mol. The first-order chi connectivity index (χ1) is 13.7. The molecule has 3 aromatic rings. The highest BCUT2D eigenvalue weighted by Crippen LogP contribution is 2.34. The summed E-state index contributed by atoms with van der Waals surface area (Å²) in [7, 11) is 0. The van der Waals surface area contributed by atoms with E-state index in [1.807, 2.05) is 71.7 Å². The van der Waals surface area contributed by atoms with E-state index in [9.17, 15) is 4.79 Å². The summed E-state index contributed by atoms with van der Waals surface area (Å²) in [5, 5.41) is 1.97. The molecule has 0 bridgehead atoms. The van der Waals surface area contributed by atoms with E-state index in [-0.39, 0.29) is 5.91 Å². The normalized spacial score (nSPS) is 18.5. The second-order valence-corrected chi connectivity index (χ2v) is 7.05. The Balaban J connectivity index is 1.71. The van der Waals surface area contributed by atoms with Crippen LogP contribution in [0, 0.1) is 11.8 Å². The van der Waals surface area contributed by atoms with Crippen LogP contribution in [0.15, 0.2) is 84.9 Å². The number of carbonyl (C=O) groups excluding carboxylic acids is 1. The Morgan fingerprint density at radius 1 is 0.929 bits per heavy atom. The minimum atomic E-state index is -0.616. The van der Waals surface area contributed by atoms with Crippen molar-refractivity contribution >= 4 is 5.91 Å². The van der Waals surface area contributed by atoms with Crippen LogP contribution in [-0.4, -0.2) is 17.5 Å². The smallest absolute Gasteiger partial charge is 0.265 e. The van der Waals surface area contributed by atoms with Crippen LogP contribution in [0.5, 0.6) is 0 Å². The van der Waals surface area contributed by atoms with E-state index in [1.54, 1.807) is 0 Å². The molecule has 1 aliphatic rings. The van der Waals surface area contributed by atoms with Crippen LogP contribution in [0.4, 0.5) is 0 Å². The lowest BCUT2D eigenvalue weighted by molar-refractivity contribution is 0.0522. The van der Waals surface area contributed by atoms with Gasteiger partial charge < -0.3 is 0 Å². The molecule has 0 aliphatic carbocycles. The molecule has 0 spiro atoms. The molecule has 4 rings (SSSR count). The number of hydrazine groups is 1. The fourth-order valence-electron chi connectivity index (χ4n) is 3.61. The van der Waals surface area contributed by atoms with Crippen molar-refractivity contribution in [2.24, 2.45) is 0 Å². The van der Waals surface area contributed by atoms with Gasteiger partial charge in [0.05, 0.1) is 0 Å². The second-order valence-electron chi connectivity index (χ2n) is 7.05. The van der Waals surface area contributed by atoms with Crippen molar-refractivity contribution in [3.8, 4) is 11.8 Å². The van der Waals surface area contributed by atoms with Crippen LogP contribution in [0.2, 0.25) is 0 Å². The number of carbonyl (C=O) groups is 1. The van der Waals surface area contributed by atoms with Crippen molar-refractivity contribution in [3.05, 3.63) is 107 Å². The van der Waals surface area contributed by atoms with Gasteiger partial charge in [-0.1, -0.05) is 72.5 Å². The molecule has 0 saturated heterocycles. The zero-order chi connectivity index (χ0) is 19.4. The van der Waals surface area contributed by atoms with Crippen molar-refractivity contribution in [1.29, 1.82) is 0 Å². The Morgan fingerprint density at radius 2 is 1.57 bits per heavy atom. The summed E-state index contributed by atoms with van der Waals surface area (Å²) in [6.07, 6.45) is 0.869. The molecule has 0 unspecified atom stereocenters. The number of hydrogen-bond donors (Lipinski definition) is 1. The van der Waals surface area contributed by atoms with Crippen LogP contribution in [0.1, 0.15) is 34.0 Å². The highest BCUT2D eigenvalue weighted by molar-refractivity contribution is 5.93. The minimum absolute atomic E-state index is 0.118. The standard InChI is InChI=1S/C25H22N2O/c1-25(18-16-20-10-4-2-5-11-20)23-15-9-8-12-21(23)17-19-27(25)26-24(28)22-13-6-3-7-14-22/h2-15H,17,19H2,1H3,(H,26,28)/t25-/m1/s1. The number of rotatable bonds is 2. The number of nitrogens with zero attached hydrogens (tertiary/aromatic N) is 1. The van der Waals surface area contributed by atoms with E-state index in [2.05, 4.69) is 42.4 Å². The second kappa shape index (κ2) is 7.72. The maximum Gasteiger partial charge on any atom is 0.265 e. The van der Waals surface area contributed by atoms with E-state index in [0.717, 1.165) is 17.5 Å². The summed E-state index contributed by atoms with van der Waals surface area (Å²) >= 11 is 0. The van der Waals surface area contributed by atoms with Gasteiger partial charge in [0.15, 0.2) is 0 Å². The van der Waals surface area contributed by atoms with Crippen molar-refractivity contribution in [2.45, 2.75) is 18.9 Å². The molecule has 28 heavy (non-hydrogen) atoms. The van der Waals surface area contributed by atoms with Gasteiger partial charge in [0.2, 0.25) is 0 Å². The van der Waals surface area contributed by atoms with Crippen LogP contribution in [-0.2, 0) is 12.0 Å². The molecular formula is C25H22N2O. The van der Waals surface area contributed by atoms with Gasteiger partial charge in [0, 0.05) is 17.7 Å². The lowest BCUT2D eigenvalue weighted by Crippen LogP contribution is -2.56. The SMILES string of the molecule is C[C@@]1(C#Cc2ccccc2)c2ccccc2CCN1NC(=O)c1ccccc1. The Bertz CT molecular complexity index is 1030. The van der Waals surface area contributed by atoms with E-state index < -0.39 is 5.54 Å². The average Bonchev–Trinajstić information content (AvgIpc) is 2.76. The molecule has 1 heterocycles. The first-order valence-electron chi connectivity index (χ1n) is 9.47. The number of nitrogens with one attached hydrogen (secondary N) is 1. The molecule has 0 aromatic heterocycles. The predicted octanol–water partition coefficient (Wildman–Crippen LogP) is 4.16. The molecule has 3 heteroatoms. The largest absolute Gasteiger partial charge is 0.283 e. The molecule has 1 atom stereocenters. The molecule has 3 nitrogen and oxygen atoms in total.